The molecule has 8 heteroatoms. The van der Waals surface area contributed by atoms with Gasteiger partial charge in [0.1, 0.15) is 5.69 Å². The number of thiazole rings is 1. The molecule has 1 aromatic carbocycles. The Morgan fingerprint density at radius 1 is 1.19 bits per heavy atom. The molecule has 4 aromatic rings. The first-order valence-electron chi connectivity index (χ1n) is 7.86. The summed E-state index contributed by atoms with van der Waals surface area (Å²) in [5.41, 5.74) is 4.35. The highest BCUT2D eigenvalue weighted by atomic mass is 32.2. The van der Waals surface area contributed by atoms with Crippen LogP contribution in [-0.4, -0.2) is 31.5 Å². The first-order chi connectivity index (χ1) is 12.7. The van der Waals surface area contributed by atoms with Crippen LogP contribution in [0.1, 0.15) is 6.92 Å². The molecule has 3 aromatic heterocycles. The second-order valence-corrected chi connectivity index (χ2v) is 7.20. The van der Waals surface area contributed by atoms with Crippen molar-refractivity contribution in [1.82, 2.24) is 19.4 Å². The molecule has 1 amide bonds. The summed E-state index contributed by atoms with van der Waals surface area (Å²) in [7, 11) is 0. The molecule has 0 radical (unpaired) electrons. The van der Waals surface area contributed by atoms with E-state index in [-0.39, 0.29) is 5.91 Å². The van der Waals surface area contributed by atoms with Crippen molar-refractivity contribution in [3.8, 4) is 22.6 Å². The molecule has 0 aliphatic heterocycles. The lowest BCUT2D eigenvalue weighted by Gasteiger charge is -2.07. The second-order valence-electron chi connectivity index (χ2n) is 5.55. The number of amides is 1. The minimum atomic E-state index is -0.0912. The van der Waals surface area contributed by atoms with Crippen LogP contribution in [0.4, 0.5) is 5.69 Å². The molecule has 0 saturated heterocycles. The molecule has 0 aliphatic rings. The predicted octanol–water partition coefficient (Wildman–Crippen LogP) is 4.20. The number of imidazole rings is 1. The van der Waals surface area contributed by atoms with Crippen LogP contribution in [0.25, 0.3) is 27.6 Å². The van der Waals surface area contributed by atoms with E-state index in [2.05, 4.69) is 15.3 Å². The molecule has 0 fully saturated rings. The van der Waals surface area contributed by atoms with Gasteiger partial charge in [0.15, 0.2) is 10.1 Å². The van der Waals surface area contributed by atoms with Crippen molar-refractivity contribution >= 4 is 39.7 Å². The highest BCUT2D eigenvalue weighted by Gasteiger charge is 2.18. The third-order valence-corrected chi connectivity index (χ3v) is 5.12. The second kappa shape index (κ2) is 6.89. The van der Waals surface area contributed by atoms with Gasteiger partial charge in [-0.15, -0.1) is 11.3 Å². The number of benzene rings is 1. The van der Waals surface area contributed by atoms with Crippen LogP contribution < -0.4 is 5.32 Å². The Kier molecular flexibility index (Phi) is 4.44. The fraction of sp³-hybridized carbons (Fsp3) is 0.111. The number of nitrogens with one attached hydrogen (secondary N) is 1. The van der Waals surface area contributed by atoms with Crippen LogP contribution in [0.3, 0.4) is 0 Å². The van der Waals surface area contributed by atoms with Crippen molar-refractivity contribution in [3.05, 3.63) is 48.1 Å². The van der Waals surface area contributed by atoms with E-state index in [4.69, 9.17) is 4.98 Å². The average Bonchev–Trinajstić information content (AvgIpc) is 3.23. The maximum atomic E-state index is 11.2. The van der Waals surface area contributed by atoms with Gasteiger partial charge in [-0.2, -0.15) is 0 Å². The number of hydrogen-bond acceptors (Lipinski definition) is 6. The molecule has 6 nitrogen and oxygen atoms in total. The number of nitrogens with zero attached hydrogens (tertiary/aromatic N) is 4. The third-order valence-electron chi connectivity index (χ3n) is 3.80. The first-order valence-corrected chi connectivity index (χ1v) is 9.97. The van der Waals surface area contributed by atoms with E-state index in [9.17, 15) is 4.79 Å². The summed E-state index contributed by atoms with van der Waals surface area (Å²) >= 11 is 3.09. The smallest absolute Gasteiger partial charge is 0.221 e. The Morgan fingerprint density at radius 2 is 2.00 bits per heavy atom. The molecule has 130 valence electrons. The monoisotopic (exact) mass is 381 g/mol. The zero-order valence-corrected chi connectivity index (χ0v) is 15.8. The van der Waals surface area contributed by atoms with Gasteiger partial charge >= 0.3 is 0 Å². The Balaban J connectivity index is 1.85. The topological polar surface area (TPSA) is 72.2 Å². The summed E-state index contributed by atoms with van der Waals surface area (Å²) in [5.74, 6) is -0.0912. The summed E-state index contributed by atoms with van der Waals surface area (Å²) < 4.78 is 2.05. The van der Waals surface area contributed by atoms with Crippen LogP contribution in [0.5, 0.6) is 0 Å². The lowest BCUT2D eigenvalue weighted by molar-refractivity contribution is -0.114. The van der Waals surface area contributed by atoms with Crippen LogP contribution in [0.2, 0.25) is 0 Å². The van der Waals surface area contributed by atoms with Crippen molar-refractivity contribution in [2.24, 2.45) is 0 Å². The maximum Gasteiger partial charge on any atom is 0.221 e. The zero-order valence-electron chi connectivity index (χ0n) is 14.1. The number of hydrogen-bond donors (Lipinski definition) is 1. The van der Waals surface area contributed by atoms with Crippen molar-refractivity contribution in [2.75, 3.05) is 11.6 Å². The highest BCUT2D eigenvalue weighted by Crippen LogP contribution is 2.34. The van der Waals surface area contributed by atoms with Crippen LogP contribution in [0, 0.1) is 0 Å². The Labute approximate surface area is 158 Å². The Hall–Kier alpha value is -2.71. The van der Waals surface area contributed by atoms with E-state index in [1.54, 1.807) is 17.5 Å². The van der Waals surface area contributed by atoms with Crippen molar-refractivity contribution in [2.45, 2.75) is 12.1 Å². The first kappa shape index (κ1) is 16.7. The summed E-state index contributed by atoms with van der Waals surface area (Å²) in [4.78, 5) is 25.8. The average molecular weight is 381 g/mol. The Morgan fingerprint density at radius 3 is 2.73 bits per heavy atom. The van der Waals surface area contributed by atoms with Gasteiger partial charge in [-0.05, 0) is 24.5 Å². The number of aromatic nitrogens is 4. The SMILES string of the molecule is CSc1nccc(-c2c(-c3ccc(NC(C)=O)cc3)nc3sccn23)n1. The van der Waals surface area contributed by atoms with Gasteiger partial charge in [0.2, 0.25) is 5.91 Å². The molecule has 0 aliphatic carbocycles. The summed E-state index contributed by atoms with van der Waals surface area (Å²) in [6, 6.07) is 9.56. The molecule has 0 atom stereocenters. The molecule has 1 N–H and O–H groups in total. The number of carbonyl (C=O) groups is 1. The summed E-state index contributed by atoms with van der Waals surface area (Å²) in [6.07, 6.45) is 5.72. The van der Waals surface area contributed by atoms with Crippen molar-refractivity contribution < 1.29 is 4.79 Å². The fourth-order valence-corrected chi connectivity index (χ4v) is 3.79. The Bertz CT molecular complexity index is 1080. The van der Waals surface area contributed by atoms with Crippen LogP contribution >= 0.6 is 23.1 Å². The van der Waals surface area contributed by atoms with Gasteiger partial charge in [0.25, 0.3) is 0 Å². The van der Waals surface area contributed by atoms with Crippen LogP contribution in [0.15, 0.2) is 53.3 Å². The number of fused-ring (bicyclic) bond motifs is 1. The standard InChI is InChI=1S/C18H15N5OS2/c1-11(24)20-13-5-3-12(4-6-13)15-16(23-9-10-26-18(23)22-15)14-7-8-19-17(21-14)25-2/h3-10H,1-2H3,(H,20,24). The molecular formula is C18H15N5OS2. The van der Waals surface area contributed by atoms with E-state index < -0.39 is 0 Å². The molecular weight excluding hydrogens is 366 g/mol. The maximum absolute atomic E-state index is 11.2. The molecule has 26 heavy (non-hydrogen) atoms. The van der Waals surface area contributed by atoms with E-state index >= 15 is 0 Å². The van der Waals surface area contributed by atoms with Gasteiger partial charge < -0.3 is 5.32 Å². The third kappa shape index (κ3) is 3.09. The van der Waals surface area contributed by atoms with E-state index in [1.807, 2.05) is 52.6 Å². The zero-order chi connectivity index (χ0) is 18.1. The van der Waals surface area contributed by atoms with Gasteiger partial charge in [0.05, 0.1) is 11.4 Å². The lowest BCUT2D eigenvalue weighted by Crippen LogP contribution is -2.05. The van der Waals surface area contributed by atoms with Gasteiger partial charge in [-0.1, -0.05) is 23.9 Å². The molecule has 0 saturated carbocycles. The minimum absolute atomic E-state index is 0.0912. The van der Waals surface area contributed by atoms with Gasteiger partial charge in [-0.25, -0.2) is 15.0 Å². The number of thioether (sulfide) groups is 1. The predicted molar refractivity (Wildman–Crippen MR) is 106 cm³/mol. The van der Waals surface area contributed by atoms with E-state index in [0.717, 1.165) is 38.4 Å². The van der Waals surface area contributed by atoms with E-state index in [1.165, 1.54) is 18.7 Å². The van der Waals surface area contributed by atoms with Crippen molar-refractivity contribution in [3.63, 3.8) is 0 Å². The van der Waals surface area contributed by atoms with Crippen LogP contribution in [-0.2, 0) is 4.79 Å². The molecule has 4 rings (SSSR count). The number of anilines is 1. The molecule has 0 bridgehead atoms. The van der Waals surface area contributed by atoms with Gasteiger partial charge in [-0.3, -0.25) is 9.20 Å². The molecule has 0 spiro atoms. The van der Waals surface area contributed by atoms with Gasteiger partial charge in [0, 0.05) is 35.9 Å². The highest BCUT2D eigenvalue weighted by molar-refractivity contribution is 7.98. The quantitative estimate of drug-likeness (QED) is 0.424. The normalized spacial score (nSPS) is 11.0. The summed E-state index contributed by atoms with van der Waals surface area (Å²) in [6.45, 7) is 1.49. The fourth-order valence-electron chi connectivity index (χ4n) is 2.72. The van der Waals surface area contributed by atoms with Crippen molar-refractivity contribution in [1.29, 1.82) is 0 Å². The number of rotatable bonds is 4. The van der Waals surface area contributed by atoms with E-state index in [0.29, 0.717) is 0 Å². The molecule has 3 heterocycles. The molecule has 0 unspecified atom stereocenters. The lowest BCUT2D eigenvalue weighted by atomic mass is 10.1. The number of carbonyl (C=O) groups excluding carboxylic acids is 1. The summed E-state index contributed by atoms with van der Waals surface area (Å²) in [5, 5.41) is 5.51. The largest absolute Gasteiger partial charge is 0.326 e. The minimum Gasteiger partial charge on any atom is -0.326 e.